The van der Waals surface area contributed by atoms with Crippen molar-refractivity contribution in [3.8, 4) is 0 Å². The highest BCUT2D eigenvalue weighted by Gasteiger charge is 2.24. The van der Waals surface area contributed by atoms with Crippen LogP contribution in [0.3, 0.4) is 0 Å². The number of hydrogen-bond acceptors (Lipinski definition) is 4. The van der Waals surface area contributed by atoms with Crippen molar-refractivity contribution in [3.63, 3.8) is 0 Å². The lowest BCUT2D eigenvalue weighted by molar-refractivity contribution is -0.191. The first-order valence-corrected chi connectivity index (χ1v) is 7.79. The van der Waals surface area contributed by atoms with Gasteiger partial charge in [0.2, 0.25) is 0 Å². The van der Waals surface area contributed by atoms with E-state index in [1.54, 1.807) is 24.3 Å². The molecule has 1 heterocycles. The lowest BCUT2D eigenvalue weighted by Gasteiger charge is -2.30. The Kier molecular flexibility index (Phi) is 4.45. The molecule has 1 fully saturated rings. The van der Waals surface area contributed by atoms with Crippen LogP contribution in [-0.4, -0.2) is 22.0 Å². The van der Waals surface area contributed by atoms with Gasteiger partial charge in [0.05, 0.1) is 13.2 Å². The third-order valence-electron chi connectivity index (χ3n) is 3.51. The highest BCUT2D eigenvalue weighted by molar-refractivity contribution is 7.79. The molecule has 2 aromatic rings. The first kappa shape index (κ1) is 14.4. The third-order valence-corrected chi connectivity index (χ3v) is 4.17. The Balaban J connectivity index is 1.64. The molecule has 5 heteroatoms. The van der Waals surface area contributed by atoms with Crippen molar-refractivity contribution >= 4 is 11.1 Å². The zero-order chi connectivity index (χ0) is 14.7. The molecule has 0 radical (unpaired) electrons. The summed E-state index contributed by atoms with van der Waals surface area (Å²) in [6.45, 7) is 1.17. The molecule has 0 amide bonds. The highest BCUT2D eigenvalue weighted by Crippen LogP contribution is 2.29. The minimum absolute atomic E-state index is 0.232. The number of rotatable bonds is 3. The van der Waals surface area contributed by atoms with Crippen LogP contribution in [0.25, 0.3) is 0 Å². The van der Waals surface area contributed by atoms with E-state index in [2.05, 4.69) is 12.1 Å². The van der Waals surface area contributed by atoms with E-state index in [4.69, 9.17) is 9.47 Å². The molecule has 1 unspecified atom stereocenters. The molecule has 0 N–H and O–H groups in total. The topological polar surface area (TPSA) is 58.6 Å². The zero-order valence-electron chi connectivity index (χ0n) is 11.3. The summed E-state index contributed by atoms with van der Waals surface area (Å²) in [6.07, 6.45) is -0.431. The quantitative estimate of drug-likeness (QED) is 0.818. The maximum absolute atomic E-state index is 10.8. The van der Waals surface area contributed by atoms with Crippen molar-refractivity contribution in [2.75, 3.05) is 13.2 Å². The van der Waals surface area contributed by atoms with Crippen LogP contribution in [0.15, 0.2) is 59.5 Å². The summed E-state index contributed by atoms with van der Waals surface area (Å²) in [6, 6.07) is 16.7. The van der Waals surface area contributed by atoms with Crippen LogP contribution in [0.4, 0.5) is 0 Å². The second kappa shape index (κ2) is 6.49. The lowest BCUT2D eigenvalue weighted by atomic mass is 10.0. The zero-order valence-corrected chi connectivity index (χ0v) is 12.1. The fraction of sp³-hybridized carbons (Fsp3) is 0.250. The van der Waals surface area contributed by atoms with E-state index in [1.807, 2.05) is 18.2 Å². The molecule has 4 nitrogen and oxygen atoms in total. The fourth-order valence-corrected chi connectivity index (χ4v) is 2.71. The van der Waals surface area contributed by atoms with Crippen molar-refractivity contribution < 1.29 is 18.2 Å². The van der Waals surface area contributed by atoms with Gasteiger partial charge in [-0.15, -0.1) is 0 Å². The van der Waals surface area contributed by atoms with Crippen LogP contribution >= 0.6 is 0 Å². The van der Waals surface area contributed by atoms with E-state index in [9.17, 15) is 8.76 Å². The Bertz CT molecular complexity index is 604. The van der Waals surface area contributed by atoms with Crippen LogP contribution in [-0.2, 0) is 20.6 Å². The van der Waals surface area contributed by atoms with Crippen LogP contribution in [0.5, 0.6) is 0 Å². The summed E-state index contributed by atoms with van der Waals surface area (Å²) < 4.78 is 33.2. The van der Waals surface area contributed by atoms with Gasteiger partial charge in [0.1, 0.15) is 0 Å². The Morgan fingerprint density at radius 2 is 1.52 bits per heavy atom. The Labute approximate surface area is 126 Å². The lowest BCUT2D eigenvalue weighted by Crippen LogP contribution is -2.25. The fourth-order valence-electron chi connectivity index (χ4n) is 2.35. The van der Waals surface area contributed by atoms with Gasteiger partial charge in [-0.25, -0.2) is 0 Å². The molecular weight excluding hydrogens is 288 g/mol. The van der Waals surface area contributed by atoms with E-state index in [-0.39, 0.29) is 10.8 Å². The molecule has 2 aromatic carbocycles. The van der Waals surface area contributed by atoms with E-state index < -0.39 is 17.4 Å². The molecule has 0 aromatic heterocycles. The van der Waals surface area contributed by atoms with Crippen LogP contribution < -0.4 is 0 Å². The predicted molar refractivity (Wildman–Crippen MR) is 77.5 cm³/mol. The standard InChI is InChI=1S/C16H16O4S/c17-21(18)15-8-6-13(7-9-15)16-19-10-14(11-20-16)12-4-2-1-3-5-12/h1-9,14,16H,10-11H2,(H,17,18)/p-1. The van der Waals surface area contributed by atoms with Crippen molar-refractivity contribution in [3.05, 3.63) is 65.7 Å². The molecule has 3 rings (SSSR count). The Hall–Kier alpha value is -1.53. The van der Waals surface area contributed by atoms with Crippen molar-refractivity contribution in [2.24, 2.45) is 0 Å². The van der Waals surface area contributed by atoms with Crippen LogP contribution in [0.1, 0.15) is 23.3 Å². The van der Waals surface area contributed by atoms with Crippen molar-refractivity contribution in [2.45, 2.75) is 17.1 Å². The third kappa shape index (κ3) is 3.39. The molecule has 0 bridgehead atoms. The average Bonchev–Trinajstić information content (AvgIpc) is 2.56. The van der Waals surface area contributed by atoms with Gasteiger partial charge < -0.3 is 14.0 Å². The molecule has 21 heavy (non-hydrogen) atoms. The van der Waals surface area contributed by atoms with Gasteiger partial charge in [-0.1, -0.05) is 42.5 Å². The minimum atomic E-state index is -2.20. The molecule has 110 valence electrons. The van der Waals surface area contributed by atoms with Crippen LogP contribution in [0, 0.1) is 0 Å². The second-order valence-electron chi connectivity index (χ2n) is 4.91. The highest BCUT2D eigenvalue weighted by atomic mass is 32.2. The number of hydrogen-bond donors (Lipinski definition) is 0. The monoisotopic (exact) mass is 303 g/mol. The summed E-state index contributed by atoms with van der Waals surface area (Å²) in [5.74, 6) is 0.232. The smallest absolute Gasteiger partial charge is 0.183 e. The Morgan fingerprint density at radius 1 is 0.905 bits per heavy atom. The maximum atomic E-state index is 10.8. The summed E-state index contributed by atoms with van der Waals surface area (Å²) in [4.78, 5) is 0.261. The molecule has 1 saturated heterocycles. The molecule has 0 spiro atoms. The summed E-state index contributed by atoms with van der Waals surface area (Å²) in [7, 11) is 0. The second-order valence-corrected chi connectivity index (χ2v) is 5.85. The maximum Gasteiger partial charge on any atom is 0.183 e. The molecule has 1 atom stereocenters. The van der Waals surface area contributed by atoms with E-state index >= 15 is 0 Å². The average molecular weight is 303 g/mol. The molecule has 1 aliphatic heterocycles. The predicted octanol–water partition coefficient (Wildman–Crippen LogP) is 2.75. The molecule has 0 aliphatic carbocycles. The van der Waals surface area contributed by atoms with Gasteiger partial charge >= 0.3 is 0 Å². The molecule has 0 saturated carbocycles. The van der Waals surface area contributed by atoms with Gasteiger partial charge in [-0.2, -0.15) is 0 Å². The van der Waals surface area contributed by atoms with Gasteiger partial charge in [0, 0.05) is 16.4 Å². The van der Waals surface area contributed by atoms with E-state index in [0.717, 1.165) is 5.56 Å². The minimum Gasteiger partial charge on any atom is -0.768 e. The summed E-state index contributed by atoms with van der Waals surface area (Å²) in [5, 5.41) is 0. The largest absolute Gasteiger partial charge is 0.768 e. The Morgan fingerprint density at radius 3 is 2.10 bits per heavy atom. The summed E-state index contributed by atoms with van der Waals surface area (Å²) >= 11 is -2.20. The van der Waals surface area contributed by atoms with E-state index in [1.165, 1.54) is 5.56 Å². The van der Waals surface area contributed by atoms with Gasteiger partial charge in [0.25, 0.3) is 0 Å². The first-order chi connectivity index (χ1) is 10.2. The number of ether oxygens (including phenoxy) is 2. The van der Waals surface area contributed by atoms with Gasteiger partial charge in [-0.05, 0) is 28.8 Å². The molecule has 1 aliphatic rings. The normalized spacial score (nSPS) is 23.7. The van der Waals surface area contributed by atoms with Gasteiger partial charge in [0.15, 0.2) is 6.29 Å². The van der Waals surface area contributed by atoms with Crippen molar-refractivity contribution in [1.82, 2.24) is 0 Å². The number of benzene rings is 2. The summed E-state index contributed by atoms with van der Waals surface area (Å²) in [5.41, 5.74) is 2.03. The SMILES string of the molecule is O=S([O-])c1ccc(C2OCC(c3ccccc3)CO2)cc1. The molecular formula is C16H15O4S-. The first-order valence-electron chi connectivity index (χ1n) is 6.71. The van der Waals surface area contributed by atoms with Crippen molar-refractivity contribution in [1.29, 1.82) is 0 Å². The van der Waals surface area contributed by atoms with E-state index in [0.29, 0.717) is 13.2 Å². The van der Waals surface area contributed by atoms with Gasteiger partial charge in [-0.3, -0.25) is 4.21 Å². The van der Waals surface area contributed by atoms with Crippen LogP contribution in [0.2, 0.25) is 0 Å².